The molecule has 0 aliphatic carbocycles. The lowest BCUT2D eigenvalue weighted by Gasteiger charge is -2.06. The maximum absolute atomic E-state index is 5.19. The highest BCUT2D eigenvalue weighted by atomic mass is 32.2. The topological polar surface area (TPSA) is 47.0 Å². The van der Waals surface area contributed by atoms with Crippen LogP contribution in [0.3, 0.4) is 0 Å². The van der Waals surface area contributed by atoms with E-state index in [2.05, 4.69) is 28.3 Å². The van der Waals surface area contributed by atoms with Crippen LogP contribution in [0.4, 0.5) is 5.95 Å². The molecular formula is C15H15N3OS2. The van der Waals surface area contributed by atoms with Crippen molar-refractivity contribution in [3.8, 4) is 5.75 Å². The number of rotatable bonds is 4. The minimum atomic E-state index is 0.653. The number of nitrogens with one attached hydrogen (secondary N) is 1. The van der Waals surface area contributed by atoms with E-state index in [0.29, 0.717) is 5.95 Å². The van der Waals surface area contributed by atoms with E-state index >= 15 is 0 Å². The molecule has 2 heterocycles. The zero-order valence-corrected chi connectivity index (χ0v) is 13.6. The Labute approximate surface area is 131 Å². The fraction of sp³-hybridized carbons (Fsp3) is 0.200. The molecule has 108 valence electrons. The average Bonchev–Trinajstić information content (AvgIpc) is 2.88. The maximum Gasteiger partial charge on any atom is 0.224 e. The van der Waals surface area contributed by atoms with Gasteiger partial charge in [0.15, 0.2) is 0 Å². The van der Waals surface area contributed by atoms with E-state index < -0.39 is 0 Å². The Kier molecular flexibility index (Phi) is 3.98. The van der Waals surface area contributed by atoms with Gasteiger partial charge in [-0.25, -0.2) is 9.97 Å². The standard InChI is InChI=1S/C15H15N3OS2/c1-9-8-12-13(20-9)17-15(16-2)18-14(12)21-11-6-4-10(19-3)5-7-11/h4-8H,1-3H3,(H,16,17,18). The fourth-order valence-corrected chi connectivity index (χ4v) is 3.80. The largest absolute Gasteiger partial charge is 0.497 e. The zero-order valence-electron chi connectivity index (χ0n) is 12.0. The Morgan fingerprint density at radius 2 is 1.95 bits per heavy atom. The van der Waals surface area contributed by atoms with Crippen LogP contribution in [0, 0.1) is 6.92 Å². The van der Waals surface area contributed by atoms with Gasteiger partial charge in [-0.3, -0.25) is 0 Å². The molecular weight excluding hydrogens is 302 g/mol. The summed E-state index contributed by atoms with van der Waals surface area (Å²) in [6, 6.07) is 10.1. The number of ether oxygens (including phenoxy) is 1. The van der Waals surface area contributed by atoms with Crippen molar-refractivity contribution in [3.63, 3.8) is 0 Å². The predicted molar refractivity (Wildman–Crippen MR) is 88.8 cm³/mol. The molecule has 0 saturated heterocycles. The molecule has 4 nitrogen and oxygen atoms in total. The van der Waals surface area contributed by atoms with Crippen molar-refractivity contribution >= 4 is 39.3 Å². The van der Waals surface area contributed by atoms with Crippen LogP contribution in [0.25, 0.3) is 10.2 Å². The third kappa shape index (κ3) is 2.96. The van der Waals surface area contributed by atoms with E-state index in [4.69, 9.17) is 4.74 Å². The number of hydrogen-bond donors (Lipinski definition) is 1. The third-order valence-electron chi connectivity index (χ3n) is 2.98. The summed E-state index contributed by atoms with van der Waals surface area (Å²) in [5, 5.41) is 5.10. The molecule has 0 bridgehead atoms. The molecule has 0 aliphatic rings. The summed E-state index contributed by atoms with van der Waals surface area (Å²) in [4.78, 5) is 12.5. The van der Waals surface area contributed by atoms with E-state index in [1.807, 2.05) is 31.3 Å². The van der Waals surface area contributed by atoms with E-state index in [1.54, 1.807) is 30.2 Å². The summed E-state index contributed by atoms with van der Waals surface area (Å²) in [5.41, 5.74) is 0. The molecule has 0 atom stereocenters. The van der Waals surface area contributed by atoms with Gasteiger partial charge in [-0.15, -0.1) is 11.3 Å². The van der Waals surface area contributed by atoms with E-state index in [0.717, 1.165) is 25.9 Å². The van der Waals surface area contributed by atoms with Gasteiger partial charge >= 0.3 is 0 Å². The van der Waals surface area contributed by atoms with E-state index in [9.17, 15) is 0 Å². The molecule has 0 radical (unpaired) electrons. The molecule has 2 aromatic heterocycles. The second-order valence-electron chi connectivity index (χ2n) is 4.46. The van der Waals surface area contributed by atoms with Crippen molar-refractivity contribution in [3.05, 3.63) is 35.2 Å². The van der Waals surface area contributed by atoms with Crippen molar-refractivity contribution in [2.24, 2.45) is 0 Å². The minimum Gasteiger partial charge on any atom is -0.497 e. The molecule has 0 aliphatic heterocycles. The van der Waals surface area contributed by atoms with Crippen LogP contribution < -0.4 is 10.1 Å². The van der Waals surface area contributed by atoms with Gasteiger partial charge in [-0.1, -0.05) is 11.8 Å². The normalized spacial score (nSPS) is 10.8. The van der Waals surface area contributed by atoms with E-state index in [1.165, 1.54) is 4.88 Å². The third-order valence-corrected chi connectivity index (χ3v) is 4.94. The van der Waals surface area contributed by atoms with Gasteiger partial charge < -0.3 is 10.1 Å². The van der Waals surface area contributed by atoms with Crippen LogP contribution in [0.2, 0.25) is 0 Å². The molecule has 0 fully saturated rings. The summed E-state index contributed by atoms with van der Waals surface area (Å²) >= 11 is 3.33. The Morgan fingerprint density at radius 3 is 2.62 bits per heavy atom. The van der Waals surface area contributed by atoms with Crippen LogP contribution in [0.5, 0.6) is 5.75 Å². The summed E-state index contributed by atoms with van der Waals surface area (Å²) in [5.74, 6) is 1.51. The van der Waals surface area contributed by atoms with Gasteiger partial charge in [0.25, 0.3) is 0 Å². The maximum atomic E-state index is 5.19. The van der Waals surface area contributed by atoms with E-state index in [-0.39, 0.29) is 0 Å². The first-order valence-electron chi connectivity index (χ1n) is 6.47. The Hall–Kier alpha value is -1.79. The summed E-state index contributed by atoms with van der Waals surface area (Å²) in [6.07, 6.45) is 0. The predicted octanol–water partition coefficient (Wildman–Crippen LogP) is 4.20. The number of nitrogens with zero attached hydrogens (tertiary/aromatic N) is 2. The Balaban J connectivity index is 2.01. The molecule has 1 aromatic carbocycles. The van der Waals surface area contributed by atoms with Crippen LogP contribution in [0.15, 0.2) is 40.3 Å². The number of methoxy groups -OCH3 is 1. The molecule has 0 spiro atoms. The Morgan fingerprint density at radius 1 is 1.19 bits per heavy atom. The van der Waals surface area contributed by atoms with Crippen molar-refractivity contribution in [1.82, 2.24) is 9.97 Å². The quantitative estimate of drug-likeness (QED) is 0.731. The Bertz CT molecular complexity index is 768. The van der Waals surface area contributed by atoms with Crippen molar-refractivity contribution < 1.29 is 4.74 Å². The van der Waals surface area contributed by atoms with Gasteiger partial charge in [-0.05, 0) is 37.3 Å². The van der Waals surface area contributed by atoms with Crippen LogP contribution >= 0.6 is 23.1 Å². The van der Waals surface area contributed by atoms with Crippen molar-refractivity contribution in [1.29, 1.82) is 0 Å². The molecule has 0 unspecified atom stereocenters. The lowest BCUT2D eigenvalue weighted by molar-refractivity contribution is 0.414. The van der Waals surface area contributed by atoms with Gasteiger partial charge in [0, 0.05) is 22.2 Å². The van der Waals surface area contributed by atoms with Crippen LogP contribution in [0.1, 0.15) is 4.88 Å². The molecule has 0 amide bonds. The van der Waals surface area contributed by atoms with Gasteiger partial charge in [0.05, 0.1) is 7.11 Å². The second-order valence-corrected chi connectivity index (χ2v) is 6.75. The lowest BCUT2D eigenvalue weighted by Crippen LogP contribution is -1.96. The summed E-state index contributed by atoms with van der Waals surface area (Å²) < 4.78 is 5.19. The molecule has 0 saturated carbocycles. The first kappa shape index (κ1) is 14.2. The second kappa shape index (κ2) is 5.91. The van der Waals surface area contributed by atoms with Gasteiger partial charge in [0.2, 0.25) is 5.95 Å². The van der Waals surface area contributed by atoms with Crippen molar-refractivity contribution in [2.75, 3.05) is 19.5 Å². The first-order valence-corrected chi connectivity index (χ1v) is 8.11. The average molecular weight is 317 g/mol. The summed E-state index contributed by atoms with van der Waals surface area (Å²) in [7, 11) is 3.51. The number of aryl methyl sites for hydroxylation is 1. The number of benzene rings is 1. The van der Waals surface area contributed by atoms with Gasteiger partial charge in [0.1, 0.15) is 15.6 Å². The smallest absolute Gasteiger partial charge is 0.224 e. The summed E-state index contributed by atoms with van der Waals surface area (Å²) in [6.45, 7) is 2.09. The molecule has 3 rings (SSSR count). The van der Waals surface area contributed by atoms with Gasteiger partial charge in [-0.2, -0.15) is 0 Å². The molecule has 6 heteroatoms. The van der Waals surface area contributed by atoms with Crippen LogP contribution in [-0.2, 0) is 0 Å². The van der Waals surface area contributed by atoms with Crippen LogP contribution in [-0.4, -0.2) is 24.1 Å². The minimum absolute atomic E-state index is 0.653. The number of fused-ring (bicyclic) bond motifs is 1. The number of aromatic nitrogens is 2. The number of hydrogen-bond acceptors (Lipinski definition) is 6. The SMILES string of the molecule is CNc1nc(Sc2ccc(OC)cc2)c2cc(C)sc2n1. The number of anilines is 1. The zero-order chi connectivity index (χ0) is 14.8. The highest BCUT2D eigenvalue weighted by Crippen LogP contribution is 2.36. The monoisotopic (exact) mass is 317 g/mol. The molecule has 3 aromatic rings. The lowest BCUT2D eigenvalue weighted by atomic mass is 10.3. The number of thiophene rings is 1. The first-order chi connectivity index (χ1) is 10.2. The highest BCUT2D eigenvalue weighted by Gasteiger charge is 2.11. The fourth-order valence-electron chi connectivity index (χ4n) is 1.96. The molecule has 1 N–H and O–H groups in total. The molecule has 21 heavy (non-hydrogen) atoms. The van der Waals surface area contributed by atoms with Crippen molar-refractivity contribution in [2.45, 2.75) is 16.8 Å². The highest BCUT2D eigenvalue weighted by molar-refractivity contribution is 7.99.